The fraction of sp³-hybridized carbons (Fsp3) is 0.400. The predicted molar refractivity (Wildman–Crippen MR) is 54.9 cm³/mol. The highest BCUT2D eigenvalue weighted by atomic mass is 32.2. The van der Waals surface area contributed by atoms with Crippen LogP contribution in [0.2, 0.25) is 0 Å². The van der Waals surface area contributed by atoms with Gasteiger partial charge in [0.05, 0.1) is 10.6 Å². The van der Waals surface area contributed by atoms with Gasteiger partial charge in [-0.1, -0.05) is 18.2 Å². The fourth-order valence-corrected chi connectivity index (χ4v) is 3.51. The normalized spacial score (nSPS) is 24.2. The highest BCUT2D eigenvalue weighted by Crippen LogP contribution is 2.31. The maximum Gasteiger partial charge on any atom is 0.178 e. The van der Waals surface area contributed by atoms with Crippen molar-refractivity contribution in [3.63, 3.8) is 0 Å². The van der Waals surface area contributed by atoms with Crippen LogP contribution in [0.4, 0.5) is 0 Å². The van der Waals surface area contributed by atoms with Crippen LogP contribution in [0.5, 0.6) is 0 Å². The van der Waals surface area contributed by atoms with E-state index < -0.39 is 9.84 Å². The molecule has 3 nitrogen and oxygen atoms in total. The minimum absolute atomic E-state index is 0.176. The first-order valence-corrected chi connectivity index (χ1v) is 6.29. The van der Waals surface area contributed by atoms with Crippen molar-refractivity contribution in [2.75, 3.05) is 12.8 Å². The van der Waals surface area contributed by atoms with Gasteiger partial charge in [0.15, 0.2) is 9.84 Å². The van der Waals surface area contributed by atoms with Gasteiger partial charge in [0.25, 0.3) is 0 Å². The Bertz CT molecular complexity index is 439. The van der Waals surface area contributed by atoms with E-state index in [1.54, 1.807) is 12.1 Å². The van der Waals surface area contributed by atoms with Gasteiger partial charge in [-0.05, 0) is 25.1 Å². The second-order valence-corrected chi connectivity index (χ2v) is 5.56. The summed E-state index contributed by atoms with van der Waals surface area (Å²) >= 11 is 0. The molecule has 4 heteroatoms. The van der Waals surface area contributed by atoms with Crippen molar-refractivity contribution in [3.05, 3.63) is 29.8 Å². The lowest BCUT2D eigenvalue weighted by molar-refractivity contribution is 0.529. The molecule has 0 aromatic heterocycles. The molecule has 1 aliphatic heterocycles. The van der Waals surface area contributed by atoms with Gasteiger partial charge in [-0.15, -0.1) is 0 Å². The molecule has 76 valence electrons. The molecule has 0 fully saturated rings. The molecule has 0 aliphatic carbocycles. The largest absolute Gasteiger partial charge is 0.313 e. The average Bonchev–Trinajstić information content (AvgIpc) is 2.18. The molecular formula is C10H13NO2S. The second kappa shape index (κ2) is 3.37. The molecule has 0 saturated heterocycles. The number of fused-ring (bicyclic) bond motifs is 1. The number of hydrogen-bond donors (Lipinski definition) is 1. The molecule has 14 heavy (non-hydrogen) atoms. The lowest BCUT2D eigenvalue weighted by Gasteiger charge is -2.24. The monoisotopic (exact) mass is 211 g/mol. The number of sulfone groups is 1. The molecule has 1 aliphatic rings. The zero-order chi connectivity index (χ0) is 10.2. The Kier molecular flexibility index (Phi) is 2.33. The van der Waals surface area contributed by atoms with E-state index in [2.05, 4.69) is 5.32 Å². The molecule has 0 amide bonds. The van der Waals surface area contributed by atoms with E-state index in [9.17, 15) is 8.42 Å². The van der Waals surface area contributed by atoms with Crippen molar-refractivity contribution in [2.45, 2.75) is 17.4 Å². The van der Waals surface area contributed by atoms with E-state index in [1.165, 1.54) is 0 Å². The third-order valence-corrected chi connectivity index (χ3v) is 4.47. The Labute approximate surface area is 84.1 Å². The summed E-state index contributed by atoms with van der Waals surface area (Å²) in [5.41, 5.74) is 0.904. The lowest BCUT2D eigenvalue weighted by Crippen LogP contribution is -2.27. The first-order chi connectivity index (χ1) is 6.65. The number of benzene rings is 1. The quantitative estimate of drug-likeness (QED) is 0.757. The van der Waals surface area contributed by atoms with Crippen molar-refractivity contribution >= 4 is 9.84 Å². The Morgan fingerprint density at radius 2 is 2.07 bits per heavy atom. The van der Waals surface area contributed by atoms with Crippen LogP contribution in [0.3, 0.4) is 0 Å². The number of hydrogen-bond acceptors (Lipinski definition) is 3. The molecule has 1 unspecified atom stereocenters. The van der Waals surface area contributed by atoms with Gasteiger partial charge in [-0.2, -0.15) is 0 Å². The minimum atomic E-state index is -3.03. The van der Waals surface area contributed by atoms with Crippen LogP contribution < -0.4 is 5.32 Å². The molecule has 0 radical (unpaired) electrons. The summed E-state index contributed by atoms with van der Waals surface area (Å²) in [7, 11) is -1.16. The topological polar surface area (TPSA) is 46.2 Å². The van der Waals surface area contributed by atoms with Crippen LogP contribution in [-0.2, 0) is 9.84 Å². The molecule has 1 N–H and O–H groups in total. The van der Waals surface area contributed by atoms with E-state index >= 15 is 0 Å². The summed E-state index contributed by atoms with van der Waals surface area (Å²) < 4.78 is 23.4. The Hall–Kier alpha value is -0.870. The highest BCUT2D eigenvalue weighted by molar-refractivity contribution is 7.91. The van der Waals surface area contributed by atoms with Gasteiger partial charge >= 0.3 is 0 Å². The first-order valence-electron chi connectivity index (χ1n) is 4.64. The van der Waals surface area contributed by atoms with E-state index in [0.717, 1.165) is 5.56 Å². The summed E-state index contributed by atoms with van der Waals surface area (Å²) in [5.74, 6) is 0.246. The van der Waals surface area contributed by atoms with Crippen molar-refractivity contribution < 1.29 is 8.42 Å². The second-order valence-electron chi connectivity index (χ2n) is 3.49. The predicted octanol–water partition coefficient (Wildman–Crippen LogP) is 1.12. The van der Waals surface area contributed by atoms with Gasteiger partial charge in [0, 0.05) is 6.04 Å². The Morgan fingerprint density at radius 1 is 1.36 bits per heavy atom. The summed E-state index contributed by atoms with van der Waals surface area (Å²) in [6, 6.07) is 7.40. The van der Waals surface area contributed by atoms with Gasteiger partial charge in [-0.25, -0.2) is 8.42 Å². The summed E-state index contributed by atoms with van der Waals surface area (Å²) in [4.78, 5) is 0.491. The first kappa shape index (κ1) is 9.68. The van der Waals surface area contributed by atoms with Gasteiger partial charge in [0.1, 0.15) is 0 Å². The zero-order valence-electron chi connectivity index (χ0n) is 8.03. The van der Waals surface area contributed by atoms with Crippen LogP contribution in [0.1, 0.15) is 18.0 Å². The van der Waals surface area contributed by atoms with Crippen LogP contribution in [0.15, 0.2) is 29.2 Å². The van der Waals surface area contributed by atoms with Crippen LogP contribution in [0, 0.1) is 0 Å². The van der Waals surface area contributed by atoms with E-state index in [4.69, 9.17) is 0 Å². The molecule has 0 bridgehead atoms. The molecule has 2 rings (SSSR count). The smallest absolute Gasteiger partial charge is 0.178 e. The third kappa shape index (κ3) is 1.44. The Morgan fingerprint density at radius 3 is 2.79 bits per heavy atom. The summed E-state index contributed by atoms with van der Waals surface area (Å²) in [5, 5.41) is 3.13. The van der Waals surface area contributed by atoms with Crippen LogP contribution in [0.25, 0.3) is 0 Å². The van der Waals surface area contributed by atoms with Gasteiger partial charge < -0.3 is 5.32 Å². The van der Waals surface area contributed by atoms with E-state index in [1.807, 2.05) is 19.2 Å². The molecule has 0 spiro atoms. The minimum Gasteiger partial charge on any atom is -0.313 e. The molecular weight excluding hydrogens is 198 g/mol. The summed E-state index contributed by atoms with van der Waals surface area (Å²) in [6.07, 6.45) is 0.663. The maximum atomic E-state index is 11.7. The number of nitrogens with one attached hydrogen (secondary N) is 1. The summed E-state index contributed by atoms with van der Waals surface area (Å²) in [6.45, 7) is 0. The maximum absolute atomic E-state index is 11.7. The molecule has 1 aromatic carbocycles. The van der Waals surface area contributed by atoms with Crippen molar-refractivity contribution in [1.82, 2.24) is 5.32 Å². The van der Waals surface area contributed by atoms with Gasteiger partial charge in [0.2, 0.25) is 0 Å². The van der Waals surface area contributed by atoms with Crippen LogP contribution >= 0.6 is 0 Å². The Balaban J connectivity index is 2.61. The van der Waals surface area contributed by atoms with E-state index in [0.29, 0.717) is 11.3 Å². The number of rotatable bonds is 1. The van der Waals surface area contributed by atoms with Crippen molar-refractivity contribution in [1.29, 1.82) is 0 Å². The van der Waals surface area contributed by atoms with Gasteiger partial charge in [-0.3, -0.25) is 0 Å². The lowest BCUT2D eigenvalue weighted by atomic mass is 10.0. The molecule has 1 aromatic rings. The average molecular weight is 211 g/mol. The zero-order valence-corrected chi connectivity index (χ0v) is 8.84. The van der Waals surface area contributed by atoms with Crippen molar-refractivity contribution in [2.24, 2.45) is 0 Å². The standard InChI is InChI=1S/C10H13NO2S/c1-11-9-6-7-14(12,13)10-5-3-2-4-8(9)10/h2-5,9,11H,6-7H2,1H3. The third-order valence-electron chi connectivity index (χ3n) is 2.65. The fourth-order valence-electron chi connectivity index (χ4n) is 1.89. The highest BCUT2D eigenvalue weighted by Gasteiger charge is 2.28. The molecule has 1 atom stereocenters. The van der Waals surface area contributed by atoms with Crippen molar-refractivity contribution in [3.8, 4) is 0 Å². The SMILES string of the molecule is CNC1CCS(=O)(=O)c2ccccc21. The van der Waals surface area contributed by atoms with Crippen LogP contribution in [-0.4, -0.2) is 21.2 Å². The van der Waals surface area contributed by atoms with E-state index in [-0.39, 0.29) is 11.8 Å². The molecule has 0 saturated carbocycles. The molecule has 1 heterocycles.